The van der Waals surface area contributed by atoms with Crippen molar-refractivity contribution in [3.05, 3.63) is 0 Å². The van der Waals surface area contributed by atoms with Crippen LogP contribution in [0.5, 0.6) is 0 Å². The van der Waals surface area contributed by atoms with Crippen LogP contribution in [0.1, 0.15) is 47.0 Å². The normalized spacial score (nSPS) is 24.4. The van der Waals surface area contributed by atoms with Gasteiger partial charge in [0.15, 0.2) is 0 Å². The minimum Gasteiger partial charge on any atom is -0.339 e. The summed E-state index contributed by atoms with van der Waals surface area (Å²) in [4.78, 5) is 28.7. The van der Waals surface area contributed by atoms with Gasteiger partial charge in [0.05, 0.1) is 0 Å². The van der Waals surface area contributed by atoms with Crippen molar-refractivity contribution in [2.75, 3.05) is 39.3 Å². The minimum atomic E-state index is -0.339. The molecular weight excluding hydrogens is 290 g/mol. The first kappa shape index (κ1) is 18.2. The quantitative estimate of drug-likeness (QED) is 0.860. The van der Waals surface area contributed by atoms with E-state index in [0.717, 1.165) is 13.1 Å². The molecule has 5 heteroatoms. The van der Waals surface area contributed by atoms with E-state index in [1.54, 1.807) is 0 Å². The molecule has 2 aliphatic rings. The van der Waals surface area contributed by atoms with Crippen molar-refractivity contribution in [3.63, 3.8) is 0 Å². The first-order valence-corrected chi connectivity index (χ1v) is 9.07. The van der Waals surface area contributed by atoms with E-state index in [4.69, 9.17) is 0 Å². The van der Waals surface area contributed by atoms with Gasteiger partial charge in [0.1, 0.15) is 0 Å². The number of nitrogens with zero attached hydrogens (tertiary/aromatic N) is 2. The molecule has 2 rings (SSSR count). The van der Waals surface area contributed by atoms with Gasteiger partial charge in [-0.15, -0.1) is 0 Å². The molecule has 0 spiro atoms. The second-order valence-electron chi connectivity index (χ2n) is 8.21. The van der Waals surface area contributed by atoms with Crippen molar-refractivity contribution in [1.82, 2.24) is 15.1 Å². The van der Waals surface area contributed by atoms with E-state index in [1.807, 2.05) is 30.6 Å². The number of piperazine rings is 1. The van der Waals surface area contributed by atoms with Crippen LogP contribution in [0.2, 0.25) is 0 Å². The maximum absolute atomic E-state index is 12.5. The fourth-order valence-electron chi connectivity index (χ4n) is 3.57. The zero-order valence-electron chi connectivity index (χ0n) is 15.2. The van der Waals surface area contributed by atoms with Gasteiger partial charge in [-0.1, -0.05) is 27.7 Å². The van der Waals surface area contributed by atoms with Crippen molar-refractivity contribution in [2.45, 2.75) is 47.0 Å². The van der Waals surface area contributed by atoms with E-state index >= 15 is 0 Å². The van der Waals surface area contributed by atoms with E-state index < -0.39 is 0 Å². The molecule has 0 aliphatic carbocycles. The summed E-state index contributed by atoms with van der Waals surface area (Å²) in [5, 5.41) is 3.43. The number of amides is 2. The molecule has 2 unspecified atom stereocenters. The summed E-state index contributed by atoms with van der Waals surface area (Å²) in [7, 11) is 0. The summed E-state index contributed by atoms with van der Waals surface area (Å²) >= 11 is 0. The van der Waals surface area contributed by atoms with E-state index in [0.29, 0.717) is 44.4 Å². The number of rotatable bonds is 3. The molecular formula is C18H33N3O2. The number of hydrogen-bond donors (Lipinski definition) is 1. The van der Waals surface area contributed by atoms with Crippen LogP contribution in [0.15, 0.2) is 0 Å². The molecule has 23 heavy (non-hydrogen) atoms. The molecule has 0 aromatic rings. The molecule has 2 amide bonds. The Kier molecular flexibility index (Phi) is 6.06. The van der Waals surface area contributed by atoms with Crippen LogP contribution in [0.3, 0.4) is 0 Å². The second kappa shape index (κ2) is 7.65. The lowest BCUT2D eigenvalue weighted by Gasteiger charge is -2.38. The maximum Gasteiger partial charge on any atom is 0.228 e. The summed E-state index contributed by atoms with van der Waals surface area (Å²) in [6, 6.07) is 0. The zero-order chi connectivity index (χ0) is 17.0. The highest BCUT2D eigenvalue weighted by Gasteiger charge is 2.31. The lowest BCUT2D eigenvalue weighted by Crippen LogP contribution is -2.53. The third-order valence-corrected chi connectivity index (χ3v) is 5.20. The van der Waals surface area contributed by atoms with Crippen molar-refractivity contribution < 1.29 is 9.59 Å². The summed E-state index contributed by atoms with van der Waals surface area (Å²) in [6.45, 7) is 12.9. The Morgan fingerprint density at radius 2 is 1.74 bits per heavy atom. The van der Waals surface area contributed by atoms with Crippen molar-refractivity contribution in [3.8, 4) is 0 Å². The van der Waals surface area contributed by atoms with E-state index in [9.17, 15) is 9.59 Å². The van der Waals surface area contributed by atoms with Crippen LogP contribution in [0, 0.1) is 17.3 Å². The number of carbonyl (C=O) groups is 2. The standard InChI is InChI=1S/C18H33N3O2/c1-14(15-6-5-7-19-13-15)12-16(22)20-8-10-21(11-9-20)17(23)18(2,3)4/h14-15,19H,5-13H2,1-4H3. The number of hydrogen-bond acceptors (Lipinski definition) is 3. The highest BCUT2D eigenvalue weighted by molar-refractivity contribution is 5.82. The van der Waals surface area contributed by atoms with Gasteiger partial charge in [0.25, 0.3) is 0 Å². The fraction of sp³-hybridized carbons (Fsp3) is 0.889. The first-order valence-electron chi connectivity index (χ1n) is 9.07. The van der Waals surface area contributed by atoms with Crippen LogP contribution in [-0.2, 0) is 9.59 Å². The summed E-state index contributed by atoms with van der Waals surface area (Å²) in [5.41, 5.74) is -0.339. The van der Waals surface area contributed by atoms with Gasteiger partial charge in [-0.2, -0.15) is 0 Å². The number of nitrogens with one attached hydrogen (secondary N) is 1. The molecule has 5 nitrogen and oxygen atoms in total. The Balaban J connectivity index is 1.78. The van der Waals surface area contributed by atoms with Gasteiger partial charge in [-0.05, 0) is 37.8 Å². The molecule has 2 atom stereocenters. The third-order valence-electron chi connectivity index (χ3n) is 5.20. The molecule has 132 valence electrons. The van der Waals surface area contributed by atoms with Crippen molar-refractivity contribution in [2.24, 2.45) is 17.3 Å². The minimum absolute atomic E-state index is 0.186. The Bertz CT molecular complexity index is 416. The lowest BCUT2D eigenvalue weighted by atomic mass is 9.85. The highest BCUT2D eigenvalue weighted by Crippen LogP contribution is 2.24. The second-order valence-corrected chi connectivity index (χ2v) is 8.21. The van der Waals surface area contributed by atoms with Crippen LogP contribution in [0.25, 0.3) is 0 Å². The lowest BCUT2D eigenvalue weighted by molar-refractivity contribution is -0.145. The molecule has 2 heterocycles. The molecule has 0 bridgehead atoms. The smallest absolute Gasteiger partial charge is 0.228 e. The van der Waals surface area contributed by atoms with Gasteiger partial charge in [0, 0.05) is 38.0 Å². The molecule has 2 aliphatic heterocycles. The largest absolute Gasteiger partial charge is 0.339 e. The van der Waals surface area contributed by atoms with Gasteiger partial charge in [-0.25, -0.2) is 0 Å². The van der Waals surface area contributed by atoms with Crippen LogP contribution < -0.4 is 5.32 Å². The summed E-state index contributed by atoms with van der Waals surface area (Å²) in [6.07, 6.45) is 3.09. The monoisotopic (exact) mass is 323 g/mol. The van der Waals surface area contributed by atoms with Crippen molar-refractivity contribution in [1.29, 1.82) is 0 Å². The first-order chi connectivity index (χ1) is 10.8. The molecule has 2 fully saturated rings. The number of carbonyl (C=O) groups excluding carboxylic acids is 2. The predicted molar refractivity (Wildman–Crippen MR) is 92.0 cm³/mol. The molecule has 2 saturated heterocycles. The number of piperidine rings is 1. The van der Waals surface area contributed by atoms with Crippen molar-refractivity contribution >= 4 is 11.8 Å². The topological polar surface area (TPSA) is 52.7 Å². The van der Waals surface area contributed by atoms with Gasteiger partial charge < -0.3 is 15.1 Å². The molecule has 0 aromatic carbocycles. The summed E-state index contributed by atoms with van der Waals surface area (Å²) < 4.78 is 0. The van der Waals surface area contributed by atoms with Gasteiger partial charge in [0.2, 0.25) is 11.8 Å². The fourth-order valence-corrected chi connectivity index (χ4v) is 3.57. The van der Waals surface area contributed by atoms with Gasteiger partial charge in [-0.3, -0.25) is 9.59 Å². The Hall–Kier alpha value is -1.10. The third kappa shape index (κ3) is 4.93. The zero-order valence-corrected chi connectivity index (χ0v) is 15.2. The average Bonchev–Trinajstić information content (AvgIpc) is 2.54. The molecule has 0 radical (unpaired) electrons. The Morgan fingerprint density at radius 1 is 1.13 bits per heavy atom. The SMILES string of the molecule is CC(CC(=O)N1CCN(C(=O)C(C)(C)C)CC1)C1CCCNC1. The Labute approximate surface area is 140 Å². The molecule has 0 aromatic heterocycles. The Morgan fingerprint density at radius 3 is 2.26 bits per heavy atom. The van der Waals surface area contributed by atoms with Crippen LogP contribution >= 0.6 is 0 Å². The molecule has 1 N–H and O–H groups in total. The highest BCUT2D eigenvalue weighted by atomic mass is 16.2. The molecule has 0 saturated carbocycles. The van der Waals surface area contributed by atoms with Gasteiger partial charge >= 0.3 is 0 Å². The maximum atomic E-state index is 12.5. The van der Waals surface area contributed by atoms with E-state index in [-0.39, 0.29) is 17.2 Å². The van der Waals surface area contributed by atoms with Crippen LogP contribution in [-0.4, -0.2) is 60.9 Å². The van der Waals surface area contributed by atoms with E-state index in [1.165, 1.54) is 12.8 Å². The van der Waals surface area contributed by atoms with Crippen LogP contribution in [0.4, 0.5) is 0 Å². The average molecular weight is 323 g/mol. The summed E-state index contributed by atoms with van der Waals surface area (Å²) in [5.74, 6) is 1.50. The van der Waals surface area contributed by atoms with E-state index in [2.05, 4.69) is 12.2 Å². The predicted octanol–water partition coefficient (Wildman–Crippen LogP) is 1.73.